The Morgan fingerprint density at radius 3 is 2.36 bits per heavy atom. The first-order chi connectivity index (χ1) is 12.4. The van der Waals surface area contributed by atoms with E-state index in [0.717, 1.165) is 34.5 Å². The molecule has 2 nitrogen and oxygen atoms in total. The lowest BCUT2D eigenvalue weighted by molar-refractivity contribution is 1.19. The molecule has 118 valence electrons. The van der Waals surface area contributed by atoms with Crippen LogP contribution in [-0.2, 0) is 6.42 Å². The number of allylic oxidation sites excluding steroid dienone is 4. The second-order valence-corrected chi connectivity index (χ2v) is 5.85. The predicted octanol–water partition coefficient (Wildman–Crippen LogP) is 5.02. The normalized spacial score (nSPS) is 12.6. The van der Waals surface area contributed by atoms with E-state index in [4.69, 9.17) is 0 Å². The fourth-order valence-corrected chi connectivity index (χ4v) is 2.84. The molecule has 1 aromatic carbocycles. The Morgan fingerprint density at radius 2 is 1.60 bits per heavy atom. The van der Waals surface area contributed by atoms with Crippen molar-refractivity contribution in [3.05, 3.63) is 114 Å². The maximum Gasteiger partial charge on any atom is 0.0708 e. The minimum absolute atomic E-state index is 0.803. The molecule has 2 aromatic heterocycles. The minimum Gasteiger partial charge on any atom is -0.256 e. The van der Waals surface area contributed by atoms with Gasteiger partial charge in [-0.25, -0.2) is 0 Å². The van der Waals surface area contributed by atoms with Crippen molar-refractivity contribution in [3.63, 3.8) is 0 Å². The van der Waals surface area contributed by atoms with Crippen LogP contribution >= 0.6 is 0 Å². The Balaban J connectivity index is 1.60. The van der Waals surface area contributed by atoms with Gasteiger partial charge in [0.1, 0.15) is 0 Å². The molecule has 3 aromatic rings. The van der Waals surface area contributed by atoms with E-state index in [1.807, 2.05) is 54.9 Å². The van der Waals surface area contributed by atoms with Crippen LogP contribution in [-0.4, -0.2) is 9.97 Å². The third-order valence-corrected chi connectivity index (χ3v) is 4.03. The largest absolute Gasteiger partial charge is 0.256 e. The fraction of sp³-hybridized carbons (Fsp3) is 0.0435. The first kappa shape index (κ1) is 15.1. The zero-order valence-electron chi connectivity index (χ0n) is 13.7. The summed E-state index contributed by atoms with van der Waals surface area (Å²) in [4.78, 5) is 8.84. The zero-order chi connectivity index (χ0) is 16.9. The van der Waals surface area contributed by atoms with Gasteiger partial charge >= 0.3 is 0 Å². The van der Waals surface area contributed by atoms with Gasteiger partial charge in [-0.15, -0.1) is 0 Å². The summed E-state index contributed by atoms with van der Waals surface area (Å²) in [5.41, 5.74) is 12.8. The molecule has 0 N–H and O–H groups in total. The van der Waals surface area contributed by atoms with E-state index >= 15 is 0 Å². The summed E-state index contributed by atoms with van der Waals surface area (Å²) in [6.45, 7) is 0. The SMILES string of the molecule is C1=C=C(Cc2cccc(-c3ccccn3)c2)C=C(c2ccccn2)C=1. The maximum absolute atomic E-state index is 4.43. The predicted molar refractivity (Wildman–Crippen MR) is 101 cm³/mol. The molecule has 1 aliphatic rings. The molecule has 2 heterocycles. The van der Waals surface area contributed by atoms with E-state index in [-0.39, 0.29) is 0 Å². The number of rotatable bonds is 4. The topological polar surface area (TPSA) is 25.8 Å². The molecule has 0 radical (unpaired) electrons. The van der Waals surface area contributed by atoms with E-state index in [1.54, 1.807) is 0 Å². The zero-order valence-corrected chi connectivity index (χ0v) is 13.7. The standard InChI is InChI=1S/C23H16N2/c1-3-13-24-22(11-1)20-9-5-7-18(16-20)15-19-8-6-10-21(17-19)23-12-2-4-14-25-23/h1-5,7,9-14,16-17H,15H2. The summed E-state index contributed by atoms with van der Waals surface area (Å²) in [6, 6.07) is 20.4. The third-order valence-electron chi connectivity index (χ3n) is 4.03. The Kier molecular flexibility index (Phi) is 4.22. The molecule has 0 bridgehead atoms. The maximum atomic E-state index is 4.43. The van der Waals surface area contributed by atoms with Gasteiger partial charge in [0, 0.05) is 35.5 Å². The molecular weight excluding hydrogens is 304 g/mol. The summed E-state index contributed by atoms with van der Waals surface area (Å²) in [6.07, 6.45) is 8.49. The van der Waals surface area contributed by atoms with E-state index in [1.165, 1.54) is 5.56 Å². The van der Waals surface area contributed by atoms with Gasteiger partial charge in [-0.1, -0.05) is 41.8 Å². The quantitative estimate of drug-likeness (QED) is 0.631. The first-order valence-corrected chi connectivity index (χ1v) is 8.22. The van der Waals surface area contributed by atoms with E-state index < -0.39 is 0 Å². The highest BCUT2D eigenvalue weighted by molar-refractivity contribution is 5.75. The highest BCUT2D eigenvalue weighted by atomic mass is 14.7. The second-order valence-electron chi connectivity index (χ2n) is 5.85. The Bertz CT molecular complexity index is 1020. The number of pyridine rings is 2. The van der Waals surface area contributed by atoms with Gasteiger partial charge in [0.15, 0.2) is 0 Å². The van der Waals surface area contributed by atoms with Crippen LogP contribution in [0.25, 0.3) is 16.8 Å². The van der Waals surface area contributed by atoms with Crippen molar-refractivity contribution in [2.45, 2.75) is 6.42 Å². The number of hydrogen-bond acceptors (Lipinski definition) is 2. The molecule has 0 saturated carbocycles. The molecule has 0 spiro atoms. The summed E-state index contributed by atoms with van der Waals surface area (Å²) in [5.74, 6) is 0. The van der Waals surface area contributed by atoms with Gasteiger partial charge in [-0.05, 0) is 48.0 Å². The number of benzene rings is 1. The fourth-order valence-electron chi connectivity index (χ4n) is 2.84. The first-order valence-electron chi connectivity index (χ1n) is 8.22. The van der Waals surface area contributed by atoms with Crippen LogP contribution in [0, 0.1) is 0 Å². The molecule has 0 fully saturated rings. The third kappa shape index (κ3) is 3.57. The highest BCUT2D eigenvalue weighted by Crippen LogP contribution is 2.22. The van der Waals surface area contributed by atoms with Gasteiger partial charge in [-0.2, -0.15) is 0 Å². The van der Waals surface area contributed by atoms with E-state index in [0.29, 0.717) is 0 Å². The van der Waals surface area contributed by atoms with E-state index in [9.17, 15) is 0 Å². The summed E-state index contributed by atoms with van der Waals surface area (Å²) in [5, 5.41) is 0. The van der Waals surface area contributed by atoms with Crippen LogP contribution < -0.4 is 0 Å². The molecular formula is C23H16N2. The lowest BCUT2D eigenvalue weighted by Gasteiger charge is -2.07. The minimum atomic E-state index is 0.803. The molecule has 0 atom stereocenters. The van der Waals surface area contributed by atoms with Crippen molar-refractivity contribution < 1.29 is 0 Å². The van der Waals surface area contributed by atoms with Crippen molar-refractivity contribution in [1.29, 1.82) is 0 Å². The molecule has 4 rings (SSSR count). The van der Waals surface area contributed by atoms with Crippen LogP contribution in [0.1, 0.15) is 11.3 Å². The Labute approximate surface area is 147 Å². The van der Waals surface area contributed by atoms with Crippen molar-refractivity contribution >= 4 is 5.57 Å². The molecule has 0 unspecified atom stereocenters. The number of aromatic nitrogens is 2. The highest BCUT2D eigenvalue weighted by Gasteiger charge is 2.06. The lowest BCUT2D eigenvalue weighted by Crippen LogP contribution is -1.93. The summed E-state index contributed by atoms with van der Waals surface area (Å²) in [7, 11) is 0. The molecule has 1 aliphatic carbocycles. The molecule has 0 aliphatic heterocycles. The monoisotopic (exact) mass is 320 g/mol. The van der Waals surface area contributed by atoms with Crippen LogP contribution in [0.4, 0.5) is 0 Å². The summed E-state index contributed by atoms with van der Waals surface area (Å²) >= 11 is 0. The average Bonchev–Trinajstić information content (AvgIpc) is 2.70. The van der Waals surface area contributed by atoms with Crippen molar-refractivity contribution in [2.24, 2.45) is 0 Å². The molecule has 25 heavy (non-hydrogen) atoms. The lowest BCUT2D eigenvalue weighted by atomic mass is 9.98. The van der Waals surface area contributed by atoms with Crippen LogP contribution in [0.2, 0.25) is 0 Å². The molecule has 0 saturated heterocycles. The summed E-state index contributed by atoms with van der Waals surface area (Å²) < 4.78 is 0. The number of nitrogens with zero attached hydrogens (tertiary/aromatic N) is 2. The van der Waals surface area contributed by atoms with Gasteiger partial charge in [0.25, 0.3) is 0 Å². The van der Waals surface area contributed by atoms with Crippen molar-refractivity contribution in [1.82, 2.24) is 9.97 Å². The van der Waals surface area contributed by atoms with Crippen LogP contribution in [0.5, 0.6) is 0 Å². The van der Waals surface area contributed by atoms with Crippen molar-refractivity contribution in [3.8, 4) is 11.3 Å². The van der Waals surface area contributed by atoms with Gasteiger partial charge in [0.2, 0.25) is 0 Å². The van der Waals surface area contributed by atoms with Gasteiger partial charge in [0.05, 0.1) is 11.4 Å². The van der Waals surface area contributed by atoms with Crippen molar-refractivity contribution in [2.75, 3.05) is 0 Å². The Hall–Kier alpha value is -3.44. The van der Waals surface area contributed by atoms with E-state index in [2.05, 4.69) is 51.8 Å². The average molecular weight is 320 g/mol. The van der Waals surface area contributed by atoms with Crippen LogP contribution in [0.15, 0.2) is 102 Å². The van der Waals surface area contributed by atoms with Gasteiger partial charge in [-0.3, -0.25) is 9.97 Å². The Morgan fingerprint density at radius 1 is 0.800 bits per heavy atom. The smallest absolute Gasteiger partial charge is 0.0708 e. The molecule has 2 heteroatoms. The van der Waals surface area contributed by atoms with Crippen LogP contribution in [0.3, 0.4) is 0 Å². The number of hydrogen-bond donors (Lipinski definition) is 0. The second kappa shape index (κ2) is 6.98. The molecule has 0 amide bonds. The van der Waals surface area contributed by atoms with Gasteiger partial charge < -0.3 is 0 Å².